The molecule has 0 fully saturated rings. The number of nitrogens with one attached hydrogen (secondary N) is 1. The molecule has 1 unspecified atom stereocenters. The molecule has 86 valence electrons. The predicted molar refractivity (Wildman–Crippen MR) is 57.6 cm³/mol. The molecule has 1 atom stereocenters. The van der Waals surface area contributed by atoms with E-state index in [0.717, 1.165) is 6.42 Å². The van der Waals surface area contributed by atoms with Crippen LogP contribution >= 0.6 is 0 Å². The van der Waals surface area contributed by atoms with Gasteiger partial charge in [-0.3, -0.25) is 0 Å². The average Bonchev–Trinajstić information content (AvgIpc) is 2.01. The summed E-state index contributed by atoms with van der Waals surface area (Å²) in [5.74, 6) is 0. The minimum atomic E-state index is -3.26. The van der Waals surface area contributed by atoms with Gasteiger partial charge in [0.05, 0.1) is 10.9 Å². The molecule has 0 aromatic heterocycles. The Bertz CT molecular complexity index is 257. The maximum absolute atomic E-state index is 11.4. The maximum Gasteiger partial charge on any atom is 0.214 e. The van der Waals surface area contributed by atoms with Crippen LogP contribution < -0.4 is 4.72 Å². The Morgan fingerprint density at radius 3 is 2.29 bits per heavy atom. The molecule has 0 saturated carbocycles. The van der Waals surface area contributed by atoms with Crippen molar-refractivity contribution in [3.05, 3.63) is 0 Å². The summed E-state index contributed by atoms with van der Waals surface area (Å²) < 4.78 is 25.1. The van der Waals surface area contributed by atoms with Gasteiger partial charge >= 0.3 is 0 Å². The average molecular weight is 223 g/mol. The molecule has 0 rings (SSSR count). The normalized spacial score (nSPS) is 17.0. The first kappa shape index (κ1) is 13.9. The lowest BCUT2D eigenvalue weighted by atomic mass is 10.0. The Hall–Kier alpha value is -0.130. The standard InChI is InChI=1S/C9H21NO3S/c1-5-6-9(4,11)7-10-14(12,13)8(2)3/h8,10-11H,5-7H2,1-4H3. The Morgan fingerprint density at radius 2 is 1.93 bits per heavy atom. The van der Waals surface area contributed by atoms with Crippen LogP contribution in [0.3, 0.4) is 0 Å². The summed E-state index contributed by atoms with van der Waals surface area (Å²) in [6, 6.07) is 0. The van der Waals surface area contributed by atoms with Crippen molar-refractivity contribution in [3.63, 3.8) is 0 Å². The van der Waals surface area contributed by atoms with E-state index in [2.05, 4.69) is 4.72 Å². The van der Waals surface area contributed by atoms with Crippen LogP contribution in [0, 0.1) is 0 Å². The van der Waals surface area contributed by atoms with Crippen LogP contribution in [-0.2, 0) is 10.0 Å². The molecule has 0 aromatic rings. The van der Waals surface area contributed by atoms with Gasteiger partial charge in [-0.1, -0.05) is 13.3 Å². The van der Waals surface area contributed by atoms with Gasteiger partial charge in [-0.2, -0.15) is 0 Å². The number of sulfonamides is 1. The molecule has 0 spiro atoms. The van der Waals surface area contributed by atoms with Gasteiger partial charge in [0.25, 0.3) is 0 Å². The fourth-order valence-corrected chi connectivity index (χ4v) is 1.90. The van der Waals surface area contributed by atoms with Gasteiger partial charge in [-0.15, -0.1) is 0 Å². The number of hydrogen-bond acceptors (Lipinski definition) is 3. The number of aliphatic hydroxyl groups is 1. The highest BCUT2D eigenvalue weighted by Crippen LogP contribution is 2.11. The van der Waals surface area contributed by atoms with E-state index in [1.807, 2.05) is 6.92 Å². The van der Waals surface area contributed by atoms with Crippen LogP contribution in [0.5, 0.6) is 0 Å². The first-order valence-corrected chi connectivity index (χ1v) is 6.47. The van der Waals surface area contributed by atoms with Crippen molar-refractivity contribution >= 4 is 10.0 Å². The van der Waals surface area contributed by atoms with E-state index in [0.29, 0.717) is 6.42 Å². The molecular weight excluding hydrogens is 202 g/mol. The fraction of sp³-hybridized carbons (Fsp3) is 1.00. The molecule has 2 N–H and O–H groups in total. The minimum Gasteiger partial charge on any atom is -0.389 e. The highest BCUT2D eigenvalue weighted by atomic mass is 32.2. The zero-order valence-corrected chi connectivity index (χ0v) is 10.2. The Morgan fingerprint density at radius 1 is 1.43 bits per heavy atom. The van der Waals surface area contributed by atoms with Crippen molar-refractivity contribution in [1.29, 1.82) is 0 Å². The maximum atomic E-state index is 11.4. The molecule has 5 heteroatoms. The molecule has 14 heavy (non-hydrogen) atoms. The van der Waals surface area contributed by atoms with Crippen molar-refractivity contribution in [2.24, 2.45) is 0 Å². The smallest absolute Gasteiger partial charge is 0.214 e. The second kappa shape index (κ2) is 5.09. The highest BCUT2D eigenvalue weighted by Gasteiger charge is 2.23. The van der Waals surface area contributed by atoms with Crippen molar-refractivity contribution in [1.82, 2.24) is 4.72 Å². The predicted octanol–water partition coefficient (Wildman–Crippen LogP) is 0.865. The summed E-state index contributed by atoms with van der Waals surface area (Å²) >= 11 is 0. The molecule has 0 bridgehead atoms. The van der Waals surface area contributed by atoms with Gasteiger partial charge in [0.2, 0.25) is 10.0 Å². The zero-order chi connectivity index (χ0) is 11.4. The van der Waals surface area contributed by atoms with Crippen molar-refractivity contribution in [3.8, 4) is 0 Å². The first-order chi connectivity index (χ1) is 6.21. The molecule has 0 aromatic carbocycles. The van der Waals surface area contributed by atoms with E-state index in [9.17, 15) is 13.5 Å². The van der Waals surface area contributed by atoms with Crippen LogP contribution in [-0.4, -0.2) is 30.9 Å². The fourth-order valence-electron chi connectivity index (χ4n) is 1.05. The van der Waals surface area contributed by atoms with E-state index >= 15 is 0 Å². The molecule has 0 heterocycles. The molecule has 0 aliphatic carbocycles. The summed E-state index contributed by atoms with van der Waals surface area (Å²) in [5.41, 5.74) is -0.948. The SMILES string of the molecule is CCCC(C)(O)CNS(=O)(=O)C(C)C. The van der Waals surface area contributed by atoms with Crippen LogP contribution in [0.4, 0.5) is 0 Å². The Labute approximate surface area is 86.8 Å². The molecule has 0 amide bonds. The summed E-state index contributed by atoms with van der Waals surface area (Å²) in [5, 5.41) is 9.27. The highest BCUT2D eigenvalue weighted by molar-refractivity contribution is 7.90. The van der Waals surface area contributed by atoms with Gasteiger partial charge in [0, 0.05) is 6.54 Å². The molecular formula is C9H21NO3S. The molecule has 0 aliphatic rings. The molecule has 0 aliphatic heterocycles. The van der Waals surface area contributed by atoms with Crippen molar-refractivity contribution in [2.45, 2.75) is 51.4 Å². The third-order valence-electron chi connectivity index (χ3n) is 2.06. The lowest BCUT2D eigenvalue weighted by molar-refractivity contribution is 0.0554. The van der Waals surface area contributed by atoms with E-state index in [1.54, 1.807) is 20.8 Å². The van der Waals surface area contributed by atoms with Gasteiger partial charge in [0.1, 0.15) is 0 Å². The minimum absolute atomic E-state index is 0.0847. The summed E-state index contributed by atoms with van der Waals surface area (Å²) in [7, 11) is -3.26. The quantitative estimate of drug-likeness (QED) is 0.702. The Kier molecular flexibility index (Phi) is 5.05. The topological polar surface area (TPSA) is 66.4 Å². The Balaban J connectivity index is 4.19. The van der Waals surface area contributed by atoms with Crippen LogP contribution in [0.1, 0.15) is 40.5 Å². The third-order valence-corrected chi connectivity index (χ3v) is 3.85. The second-order valence-electron chi connectivity index (χ2n) is 4.16. The van der Waals surface area contributed by atoms with Crippen molar-refractivity contribution in [2.75, 3.05) is 6.54 Å². The van der Waals surface area contributed by atoms with Gasteiger partial charge in [0.15, 0.2) is 0 Å². The van der Waals surface area contributed by atoms with E-state index in [1.165, 1.54) is 0 Å². The van der Waals surface area contributed by atoms with E-state index in [4.69, 9.17) is 0 Å². The second-order valence-corrected chi connectivity index (χ2v) is 6.48. The van der Waals surface area contributed by atoms with Crippen molar-refractivity contribution < 1.29 is 13.5 Å². The monoisotopic (exact) mass is 223 g/mol. The van der Waals surface area contributed by atoms with Gasteiger partial charge < -0.3 is 5.11 Å². The first-order valence-electron chi connectivity index (χ1n) is 4.92. The summed E-state index contributed by atoms with van der Waals surface area (Å²) in [6.45, 7) is 6.89. The lowest BCUT2D eigenvalue weighted by Crippen LogP contribution is -2.42. The third kappa shape index (κ3) is 4.93. The van der Waals surface area contributed by atoms with Crippen LogP contribution in [0.15, 0.2) is 0 Å². The van der Waals surface area contributed by atoms with Crippen LogP contribution in [0.25, 0.3) is 0 Å². The summed E-state index contributed by atoms with van der Waals surface area (Å²) in [4.78, 5) is 0. The summed E-state index contributed by atoms with van der Waals surface area (Å²) in [6.07, 6.45) is 1.42. The van der Waals surface area contributed by atoms with Gasteiger partial charge in [-0.25, -0.2) is 13.1 Å². The van der Waals surface area contributed by atoms with E-state index < -0.39 is 20.9 Å². The van der Waals surface area contributed by atoms with Crippen LogP contribution in [0.2, 0.25) is 0 Å². The molecule has 0 saturated heterocycles. The zero-order valence-electron chi connectivity index (χ0n) is 9.37. The number of rotatable bonds is 6. The molecule has 4 nitrogen and oxygen atoms in total. The number of hydrogen-bond donors (Lipinski definition) is 2. The lowest BCUT2D eigenvalue weighted by Gasteiger charge is -2.23. The van der Waals surface area contributed by atoms with Gasteiger partial charge in [-0.05, 0) is 27.2 Å². The molecule has 0 radical (unpaired) electrons. The largest absolute Gasteiger partial charge is 0.389 e. The van der Waals surface area contributed by atoms with E-state index in [-0.39, 0.29) is 6.54 Å².